The smallest absolute Gasteiger partial charge is 0.0235 e. The first kappa shape index (κ1) is 10.7. The molecule has 1 aromatic carbocycles. The zero-order valence-electron chi connectivity index (χ0n) is 9.89. The van der Waals surface area contributed by atoms with Gasteiger partial charge in [0.2, 0.25) is 0 Å². The van der Waals surface area contributed by atoms with Crippen molar-refractivity contribution >= 4 is 0 Å². The maximum Gasteiger partial charge on any atom is -0.0235 e. The zero-order valence-corrected chi connectivity index (χ0v) is 9.89. The van der Waals surface area contributed by atoms with Gasteiger partial charge in [-0.3, -0.25) is 0 Å². The second-order valence-electron chi connectivity index (χ2n) is 4.77. The van der Waals surface area contributed by atoms with Crippen LogP contribution in [0.5, 0.6) is 0 Å². The van der Waals surface area contributed by atoms with Crippen LogP contribution in [0, 0.1) is 0 Å². The average Bonchev–Trinajstić information content (AvgIpc) is 2.21. The van der Waals surface area contributed by atoms with E-state index >= 15 is 0 Å². The predicted octanol–water partition coefficient (Wildman–Crippen LogP) is 4.30. The Balaban J connectivity index is 1.72. The van der Waals surface area contributed by atoms with Crippen LogP contribution in [0.4, 0.5) is 0 Å². The van der Waals surface area contributed by atoms with Gasteiger partial charge in [-0.05, 0) is 42.4 Å². The topological polar surface area (TPSA) is 0 Å². The van der Waals surface area contributed by atoms with E-state index in [9.17, 15) is 0 Å². The third-order valence-electron chi connectivity index (χ3n) is 3.50. The normalized spacial score (nSPS) is 13.4. The molecule has 0 amide bonds. The van der Waals surface area contributed by atoms with Crippen LogP contribution in [-0.2, 0) is 19.3 Å². The van der Waals surface area contributed by atoms with Gasteiger partial charge >= 0.3 is 0 Å². The summed E-state index contributed by atoms with van der Waals surface area (Å²) in [6, 6.07) is 7.09. The molecule has 15 heavy (non-hydrogen) atoms. The van der Waals surface area contributed by atoms with Crippen LogP contribution >= 0.6 is 0 Å². The predicted molar refractivity (Wildman–Crippen MR) is 66.3 cm³/mol. The molecule has 0 N–H and O–H groups in total. The Hall–Kier alpha value is -0.780. The molecule has 2 rings (SSSR count). The molecular weight excluding hydrogens is 180 g/mol. The fourth-order valence-corrected chi connectivity index (χ4v) is 2.34. The van der Waals surface area contributed by atoms with Crippen LogP contribution in [-0.4, -0.2) is 0 Å². The van der Waals surface area contributed by atoms with Crippen molar-refractivity contribution in [3.63, 3.8) is 0 Å². The molecule has 0 aromatic heterocycles. The first-order chi connectivity index (χ1) is 7.40. The lowest BCUT2D eigenvalue weighted by Crippen LogP contribution is -2.08. The summed E-state index contributed by atoms with van der Waals surface area (Å²) in [4.78, 5) is 0. The number of hydrogen-bond acceptors (Lipinski definition) is 0. The lowest BCUT2D eigenvalue weighted by molar-refractivity contribution is 0.631. The van der Waals surface area contributed by atoms with Crippen molar-refractivity contribution in [3.8, 4) is 0 Å². The molecule has 0 fully saturated rings. The van der Waals surface area contributed by atoms with Gasteiger partial charge in [-0.2, -0.15) is 0 Å². The van der Waals surface area contributed by atoms with Crippen LogP contribution < -0.4 is 0 Å². The van der Waals surface area contributed by atoms with E-state index in [2.05, 4.69) is 25.1 Å². The Labute approximate surface area is 93.7 Å². The number of aryl methyl sites for hydroxylation is 3. The van der Waals surface area contributed by atoms with Gasteiger partial charge in [0.05, 0.1) is 0 Å². The summed E-state index contributed by atoms with van der Waals surface area (Å²) < 4.78 is 0. The largest absolute Gasteiger partial charge is 0.0654 e. The third-order valence-corrected chi connectivity index (χ3v) is 3.50. The molecule has 0 atom stereocenters. The van der Waals surface area contributed by atoms with E-state index < -0.39 is 0 Å². The van der Waals surface area contributed by atoms with Crippen molar-refractivity contribution < 1.29 is 0 Å². The van der Waals surface area contributed by atoms with Gasteiger partial charge in [0, 0.05) is 0 Å². The molecule has 0 nitrogen and oxygen atoms in total. The lowest BCUT2D eigenvalue weighted by atomic mass is 9.86. The number of rotatable bonds is 6. The van der Waals surface area contributed by atoms with E-state index in [0.717, 1.165) is 0 Å². The number of fused-ring (bicyclic) bond motifs is 1. The van der Waals surface area contributed by atoms with Crippen LogP contribution in [0.25, 0.3) is 0 Å². The highest BCUT2D eigenvalue weighted by atomic mass is 14.2. The molecule has 0 saturated carbocycles. The molecule has 0 unspecified atom stereocenters. The van der Waals surface area contributed by atoms with E-state index in [1.54, 1.807) is 16.7 Å². The SMILES string of the molecule is CCCCCCCc1ccc2c(c1)CC2. The van der Waals surface area contributed by atoms with Crippen molar-refractivity contribution in [1.82, 2.24) is 0 Å². The van der Waals surface area contributed by atoms with Crippen molar-refractivity contribution in [2.45, 2.75) is 58.3 Å². The Morgan fingerprint density at radius 2 is 1.73 bits per heavy atom. The highest BCUT2D eigenvalue weighted by Crippen LogP contribution is 2.24. The van der Waals surface area contributed by atoms with Gasteiger partial charge in [0.1, 0.15) is 0 Å². The monoisotopic (exact) mass is 202 g/mol. The van der Waals surface area contributed by atoms with Crippen molar-refractivity contribution in [2.75, 3.05) is 0 Å². The van der Waals surface area contributed by atoms with Crippen LogP contribution in [0.1, 0.15) is 55.7 Å². The fourth-order valence-electron chi connectivity index (χ4n) is 2.34. The van der Waals surface area contributed by atoms with Crippen LogP contribution in [0.3, 0.4) is 0 Å². The van der Waals surface area contributed by atoms with E-state index in [1.807, 2.05) is 0 Å². The molecule has 1 aliphatic rings. The van der Waals surface area contributed by atoms with Crippen LogP contribution in [0.15, 0.2) is 18.2 Å². The minimum absolute atomic E-state index is 1.29. The van der Waals surface area contributed by atoms with E-state index in [-0.39, 0.29) is 0 Å². The van der Waals surface area contributed by atoms with E-state index in [4.69, 9.17) is 0 Å². The van der Waals surface area contributed by atoms with Crippen molar-refractivity contribution in [3.05, 3.63) is 34.9 Å². The summed E-state index contributed by atoms with van der Waals surface area (Å²) >= 11 is 0. The summed E-state index contributed by atoms with van der Waals surface area (Å²) in [5.74, 6) is 0. The van der Waals surface area contributed by atoms with E-state index in [1.165, 1.54) is 51.4 Å². The molecule has 0 radical (unpaired) electrons. The Bertz CT molecular complexity index is 312. The molecule has 0 spiro atoms. The molecule has 1 aliphatic carbocycles. The highest BCUT2D eigenvalue weighted by Gasteiger charge is 2.12. The molecular formula is C15H22. The summed E-state index contributed by atoms with van der Waals surface area (Å²) in [7, 11) is 0. The van der Waals surface area contributed by atoms with Crippen molar-refractivity contribution in [1.29, 1.82) is 0 Å². The minimum Gasteiger partial charge on any atom is -0.0654 e. The quantitative estimate of drug-likeness (QED) is 0.603. The second kappa shape index (κ2) is 5.34. The Kier molecular flexibility index (Phi) is 3.82. The zero-order chi connectivity index (χ0) is 10.5. The van der Waals surface area contributed by atoms with Gasteiger partial charge in [-0.25, -0.2) is 0 Å². The average molecular weight is 202 g/mol. The molecule has 82 valence electrons. The second-order valence-corrected chi connectivity index (χ2v) is 4.77. The fraction of sp³-hybridized carbons (Fsp3) is 0.600. The number of benzene rings is 1. The Morgan fingerprint density at radius 3 is 2.40 bits per heavy atom. The summed E-state index contributed by atoms with van der Waals surface area (Å²) in [6.45, 7) is 2.27. The van der Waals surface area contributed by atoms with Crippen molar-refractivity contribution in [2.24, 2.45) is 0 Å². The molecule has 0 heteroatoms. The van der Waals surface area contributed by atoms with Gasteiger partial charge < -0.3 is 0 Å². The van der Waals surface area contributed by atoms with Gasteiger partial charge in [-0.15, -0.1) is 0 Å². The number of hydrogen-bond donors (Lipinski definition) is 0. The maximum atomic E-state index is 2.43. The van der Waals surface area contributed by atoms with Gasteiger partial charge in [0.25, 0.3) is 0 Å². The van der Waals surface area contributed by atoms with Gasteiger partial charge in [0.15, 0.2) is 0 Å². The van der Waals surface area contributed by atoms with E-state index in [0.29, 0.717) is 0 Å². The standard InChI is InChI=1S/C15H22/c1-2-3-4-5-6-7-13-8-9-14-10-11-15(14)12-13/h8-9,12H,2-7,10-11H2,1H3. The summed E-state index contributed by atoms with van der Waals surface area (Å²) in [5.41, 5.74) is 4.76. The first-order valence-corrected chi connectivity index (χ1v) is 6.51. The third kappa shape index (κ3) is 2.84. The molecule has 0 saturated heterocycles. The van der Waals surface area contributed by atoms with Gasteiger partial charge in [-0.1, -0.05) is 50.8 Å². The molecule has 0 aliphatic heterocycles. The lowest BCUT2D eigenvalue weighted by Gasteiger charge is -2.19. The molecule has 0 bridgehead atoms. The Morgan fingerprint density at radius 1 is 0.933 bits per heavy atom. The molecule has 1 aromatic rings. The molecule has 0 heterocycles. The summed E-state index contributed by atoms with van der Waals surface area (Å²) in [5, 5.41) is 0. The summed E-state index contributed by atoms with van der Waals surface area (Å²) in [6.07, 6.45) is 10.9. The highest BCUT2D eigenvalue weighted by molar-refractivity contribution is 5.38. The minimum atomic E-state index is 1.29. The number of unbranched alkanes of at least 4 members (excludes halogenated alkanes) is 4. The first-order valence-electron chi connectivity index (χ1n) is 6.51. The van der Waals surface area contributed by atoms with Crippen LogP contribution in [0.2, 0.25) is 0 Å². The maximum absolute atomic E-state index is 2.43.